The molecule has 1 aromatic carbocycles. The van der Waals surface area contributed by atoms with Crippen molar-refractivity contribution in [1.29, 1.82) is 0 Å². The summed E-state index contributed by atoms with van der Waals surface area (Å²) in [5.41, 5.74) is 6.31. The van der Waals surface area contributed by atoms with Gasteiger partial charge < -0.3 is 15.8 Å². The van der Waals surface area contributed by atoms with E-state index in [4.69, 9.17) is 10.5 Å². The summed E-state index contributed by atoms with van der Waals surface area (Å²) >= 11 is 0. The summed E-state index contributed by atoms with van der Waals surface area (Å²) in [7, 11) is 0. The van der Waals surface area contributed by atoms with Crippen molar-refractivity contribution in [2.24, 2.45) is 11.7 Å². The number of halogens is 1. The Labute approximate surface area is 152 Å². The van der Waals surface area contributed by atoms with Gasteiger partial charge in [-0.2, -0.15) is 0 Å². The molecule has 0 unspecified atom stereocenters. The Morgan fingerprint density at radius 2 is 2.04 bits per heavy atom. The summed E-state index contributed by atoms with van der Waals surface area (Å²) < 4.78 is 19.7. The highest BCUT2D eigenvalue weighted by Gasteiger charge is 2.13. The number of carbonyl (C=O) groups is 1. The van der Waals surface area contributed by atoms with Gasteiger partial charge in [-0.05, 0) is 49.1 Å². The van der Waals surface area contributed by atoms with Gasteiger partial charge in [0.1, 0.15) is 0 Å². The SMILES string of the molecule is NC(=O)c1ccc(Oc2ccc(CNCC3CCCCC3)cc2F)nc1. The molecule has 0 aliphatic heterocycles. The molecule has 1 aliphatic rings. The quantitative estimate of drug-likeness (QED) is 0.790. The lowest BCUT2D eigenvalue weighted by atomic mass is 9.89. The van der Waals surface area contributed by atoms with Crippen molar-refractivity contribution in [2.75, 3.05) is 6.54 Å². The largest absolute Gasteiger partial charge is 0.436 e. The first-order chi connectivity index (χ1) is 12.6. The summed E-state index contributed by atoms with van der Waals surface area (Å²) in [6.45, 7) is 1.62. The molecule has 138 valence electrons. The predicted molar refractivity (Wildman–Crippen MR) is 97.5 cm³/mol. The molecule has 3 rings (SSSR count). The van der Waals surface area contributed by atoms with Crippen LogP contribution in [0.4, 0.5) is 4.39 Å². The second-order valence-electron chi connectivity index (χ2n) is 6.75. The Morgan fingerprint density at radius 1 is 1.23 bits per heavy atom. The molecule has 3 N–H and O–H groups in total. The standard InChI is InChI=1S/C20H24FN3O2/c21-17-10-15(12-23-11-14-4-2-1-3-5-14)6-8-18(17)26-19-9-7-16(13-24-19)20(22)25/h6-10,13-14,23H,1-5,11-12H2,(H2,22,25). The van der Waals surface area contributed by atoms with Crippen molar-refractivity contribution >= 4 is 5.91 Å². The fraction of sp³-hybridized carbons (Fsp3) is 0.400. The molecule has 2 aromatic rings. The molecule has 1 fully saturated rings. The third-order valence-electron chi connectivity index (χ3n) is 4.72. The summed E-state index contributed by atoms with van der Waals surface area (Å²) in [5.74, 6) is 0.0335. The smallest absolute Gasteiger partial charge is 0.250 e. The first-order valence-electron chi connectivity index (χ1n) is 9.04. The number of pyridine rings is 1. The van der Waals surface area contributed by atoms with Crippen LogP contribution in [-0.2, 0) is 6.54 Å². The monoisotopic (exact) mass is 357 g/mol. The fourth-order valence-electron chi connectivity index (χ4n) is 3.25. The number of carbonyl (C=O) groups excluding carboxylic acids is 1. The van der Waals surface area contributed by atoms with Crippen LogP contribution in [0, 0.1) is 11.7 Å². The number of nitrogens with one attached hydrogen (secondary N) is 1. The molecular weight excluding hydrogens is 333 g/mol. The van der Waals surface area contributed by atoms with Gasteiger partial charge in [-0.3, -0.25) is 4.79 Å². The van der Waals surface area contributed by atoms with Crippen LogP contribution >= 0.6 is 0 Å². The lowest BCUT2D eigenvalue weighted by Gasteiger charge is -2.21. The minimum Gasteiger partial charge on any atom is -0.436 e. The summed E-state index contributed by atoms with van der Waals surface area (Å²) in [5, 5.41) is 3.42. The van der Waals surface area contributed by atoms with Crippen LogP contribution in [0.1, 0.15) is 48.0 Å². The third-order valence-corrected chi connectivity index (χ3v) is 4.72. The number of primary amides is 1. The van der Waals surface area contributed by atoms with Crippen LogP contribution in [-0.4, -0.2) is 17.4 Å². The van der Waals surface area contributed by atoms with Crippen LogP contribution in [0.25, 0.3) is 0 Å². The maximum atomic E-state index is 14.3. The highest BCUT2D eigenvalue weighted by Crippen LogP contribution is 2.25. The van der Waals surface area contributed by atoms with Gasteiger partial charge in [0.2, 0.25) is 11.8 Å². The van der Waals surface area contributed by atoms with Crippen molar-refractivity contribution in [3.63, 3.8) is 0 Å². The van der Waals surface area contributed by atoms with Gasteiger partial charge >= 0.3 is 0 Å². The molecular formula is C20H24FN3O2. The fourth-order valence-corrected chi connectivity index (χ4v) is 3.25. The molecule has 26 heavy (non-hydrogen) atoms. The summed E-state index contributed by atoms with van der Waals surface area (Å²) in [6, 6.07) is 7.88. The zero-order chi connectivity index (χ0) is 18.4. The van der Waals surface area contributed by atoms with E-state index in [1.165, 1.54) is 56.5 Å². The summed E-state index contributed by atoms with van der Waals surface area (Å²) in [4.78, 5) is 15.0. The number of amides is 1. The van der Waals surface area contributed by atoms with Gasteiger partial charge in [-0.15, -0.1) is 0 Å². The molecule has 5 nitrogen and oxygen atoms in total. The third kappa shape index (κ3) is 5.02. The molecule has 0 bridgehead atoms. The molecule has 0 radical (unpaired) electrons. The molecule has 0 atom stereocenters. The van der Waals surface area contributed by atoms with Crippen molar-refractivity contribution < 1.29 is 13.9 Å². The number of nitrogens with zero attached hydrogens (tertiary/aromatic N) is 1. The maximum Gasteiger partial charge on any atom is 0.250 e. The normalized spacial score (nSPS) is 15.0. The zero-order valence-electron chi connectivity index (χ0n) is 14.7. The van der Waals surface area contributed by atoms with Crippen LogP contribution in [0.2, 0.25) is 0 Å². The first-order valence-corrected chi connectivity index (χ1v) is 9.04. The number of hydrogen-bond donors (Lipinski definition) is 2. The van der Waals surface area contributed by atoms with E-state index in [9.17, 15) is 9.18 Å². The molecule has 1 aromatic heterocycles. The van der Waals surface area contributed by atoms with Gasteiger partial charge in [-0.1, -0.05) is 25.3 Å². The lowest BCUT2D eigenvalue weighted by Crippen LogP contribution is -2.24. The number of aromatic nitrogens is 1. The van der Waals surface area contributed by atoms with E-state index in [-0.39, 0.29) is 17.2 Å². The van der Waals surface area contributed by atoms with Crippen LogP contribution in [0.15, 0.2) is 36.5 Å². The van der Waals surface area contributed by atoms with Crippen molar-refractivity contribution in [2.45, 2.75) is 38.6 Å². The average Bonchev–Trinajstić information content (AvgIpc) is 2.65. The van der Waals surface area contributed by atoms with E-state index >= 15 is 0 Å². The Bertz CT molecular complexity index is 743. The average molecular weight is 357 g/mol. The van der Waals surface area contributed by atoms with Gasteiger partial charge in [0.25, 0.3) is 0 Å². The Hall–Kier alpha value is -2.47. The highest BCUT2D eigenvalue weighted by atomic mass is 19.1. The van der Waals surface area contributed by atoms with Gasteiger partial charge in [0.05, 0.1) is 5.56 Å². The molecule has 1 heterocycles. The Morgan fingerprint density at radius 3 is 2.69 bits per heavy atom. The first kappa shape index (κ1) is 18.3. The van der Waals surface area contributed by atoms with Gasteiger partial charge in [0.15, 0.2) is 11.6 Å². The molecule has 0 spiro atoms. The summed E-state index contributed by atoms with van der Waals surface area (Å²) in [6.07, 6.45) is 7.87. The van der Waals surface area contributed by atoms with E-state index in [2.05, 4.69) is 10.3 Å². The predicted octanol–water partition coefficient (Wildman–Crippen LogP) is 3.78. The Balaban J connectivity index is 1.54. The highest BCUT2D eigenvalue weighted by molar-refractivity contribution is 5.92. The van der Waals surface area contributed by atoms with E-state index < -0.39 is 11.7 Å². The van der Waals surface area contributed by atoms with Crippen LogP contribution in [0.3, 0.4) is 0 Å². The number of ether oxygens (including phenoxy) is 1. The van der Waals surface area contributed by atoms with Crippen molar-refractivity contribution in [3.05, 3.63) is 53.5 Å². The van der Waals surface area contributed by atoms with E-state index in [1.54, 1.807) is 6.07 Å². The maximum absolute atomic E-state index is 14.3. The van der Waals surface area contributed by atoms with Gasteiger partial charge in [0, 0.05) is 18.8 Å². The zero-order valence-corrected chi connectivity index (χ0v) is 14.7. The minimum atomic E-state index is -0.569. The van der Waals surface area contributed by atoms with Crippen LogP contribution in [0.5, 0.6) is 11.6 Å². The van der Waals surface area contributed by atoms with E-state index in [0.717, 1.165) is 18.0 Å². The van der Waals surface area contributed by atoms with Gasteiger partial charge in [-0.25, -0.2) is 9.37 Å². The Kier molecular flexibility index (Phi) is 6.17. The molecule has 1 aliphatic carbocycles. The van der Waals surface area contributed by atoms with E-state index in [0.29, 0.717) is 6.54 Å². The molecule has 1 saturated carbocycles. The van der Waals surface area contributed by atoms with Crippen molar-refractivity contribution in [1.82, 2.24) is 10.3 Å². The molecule has 0 saturated heterocycles. The second-order valence-corrected chi connectivity index (χ2v) is 6.75. The van der Waals surface area contributed by atoms with Crippen molar-refractivity contribution in [3.8, 4) is 11.6 Å². The second kappa shape index (κ2) is 8.76. The minimum absolute atomic E-state index is 0.0976. The number of nitrogens with two attached hydrogens (primary N) is 1. The lowest BCUT2D eigenvalue weighted by molar-refractivity contribution is 0.1000. The van der Waals surface area contributed by atoms with E-state index in [1.807, 2.05) is 6.07 Å². The number of hydrogen-bond acceptors (Lipinski definition) is 4. The number of benzene rings is 1. The molecule has 6 heteroatoms. The number of rotatable bonds is 7. The topological polar surface area (TPSA) is 77.2 Å². The van der Waals surface area contributed by atoms with Crippen LogP contribution < -0.4 is 15.8 Å². The molecule has 1 amide bonds.